The topological polar surface area (TPSA) is 52.6 Å². The average molecular weight is 551 g/mol. The molecule has 0 amide bonds. The quantitative estimate of drug-likeness (QED) is 0.0650. The van der Waals surface area contributed by atoms with Gasteiger partial charge in [0, 0.05) is 12.8 Å². The van der Waals surface area contributed by atoms with E-state index in [1.54, 1.807) is 35.4 Å². The number of rotatable bonds is 10. The van der Waals surface area contributed by atoms with Gasteiger partial charge in [-0.2, -0.15) is 0 Å². The van der Waals surface area contributed by atoms with Crippen LogP contribution in [0.2, 0.25) is 0 Å². The molecule has 128 valence electrons. The summed E-state index contributed by atoms with van der Waals surface area (Å²) < 4.78 is 9.57. The molecule has 0 fully saturated rings. The molecule has 0 aliphatic heterocycles. The van der Waals surface area contributed by atoms with Crippen LogP contribution in [0.4, 0.5) is 0 Å². The van der Waals surface area contributed by atoms with E-state index >= 15 is 0 Å². The largest absolute Gasteiger partial charge is 1.00 e. The third-order valence-electron chi connectivity index (χ3n) is 1.37. The van der Waals surface area contributed by atoms with Crippen molar-refractivity contribution < 1.29 is 72.6 Å². The fourth-order valence-corrected chi connectivity index (χ4v) is 3.34. The fourth-order valence-electron chi connectivity index (χ4n) is 0.515. The van der Waals surface area contributed by atoms with Gasteiger partial charge < -0.3 is 33.5 Å². The molecule has 0 aromatic rings. The summed E-state index contributed by atoms with van der Waals surface area (Å²) >= 11 is 10.5. The van der Waals surface area contributed by atoms with Gasteiger partial charge in [0.1, 0.15) is 11.9 Å². The Morgan fingerprint density at radius 2 is 1.14 bits per heavy atom. The van der Waals surface area contributed by atoms with Crippen LogP contribution in [0.25, 0.3) is 0 Å². The summed E-state index contributed by atoms with van der Waals surface area (Å²) in [6.07, 6.45) is 0.770. The Morgan fingerprint density at radius 1 is 0.818 bits per heavy atom. The normalized spacial score (nSPS) is 8.55. The van der Waals surface area contributed by atoms with E-state index in [0.29, 0.717) is 35.1 Å². The van der Waals surface area contributed by atoms with Crippen molar-refractivity contribution in [3.63, 3.8) is 0 Å². The van der Waals surface area contributed by atoms with Crippen molar-refractivity contribution in [3.8, 4) is 0 Å². The number of ether oxygens (including phenoxy) is 2. The van der Waals surface area contributed by atoms with E-state index in [1.807, 2.05) is 0 Å². The smallest absolute Gasteiger partial charge is 1.00 e. The van der Waals surface area contributed by atoms with Crippen LogP contribution in [0.3, 0.4) is 0 Å². The number of halogens is 3. The first-order chi connectivity index (χ1) is 9.62. The third-order valence-corrected chi connectivity index (χ3v) is 6.02. The standard InChI is InChI=1S/C8H14O4S2.C2H4Cl2S2.HI.Na/c1-3-7(9)11-5-13-14-6-12-8(10)4-2;3-1-5-6-2-4;;/h3-6H2,1-2H3;1-2H2;1H;/q;;;+1/p-1. The maximum atomic E-state index is 10.7. The first-order valence-corrected chi connectivity index (χ1v) is 11.6. The van der Waals surface area contributed by atoms with E-state index in [9.17, 15) is 9.59 Å². The van der Waals surface area contributed by atoms with Crippen molar-refractivity contribution in [1.29, 1.82) is 0 Å². The predicted octanol–water partition coefficient (Wildman–Crippen LogP) is -1.04. The minimum Gasteiger partial charge on any atom is -1.00 e. The molecule has 0 aliphatic rings. The molecule has 0 aliphatic carbocycles. The first-order valence-electron chi connectivity index (χ1n) is 5.54. The van der Waals surface area contributed by atoms with Gasteiger partial charge in [-0.3, -0.25) is 9.59 Å². The van der Waals surface area contributed by atoms with Crippen molar-refractivity contribution >= 4 is 78.3 Å². The van der Waals surface area contributed by atoms with E-state index in [0.717, 1.165) is 0 Å². The molecule has 0 unspecified atom stereocenters. The second kappa shape index (κ2) is 28.5. The summed E-state index contributed by atoms with van der Waals surface area (Å²) in [5.74, 6) is 0.148. The van der Waals surface area contributed by atoms with E-state index in [-0.39, 0.29) is 65.5 Å². The monoisotopic (exact) mass is 550 g/mol. The van der Waals surface area contributed by atoms with Gasteiger partial charge >= 0.3 is 41.5 Å². The molecule has 0 N–H and O–H groups in total. The summed E-state index contributed by atoms with van der Waals surface area (Å²) in [6, 6.07) is 0. The van der Waals surface area contributed by atoms with E-state index < -0.39 is 0 Å². The zero-order valence-electron chi connectivity index (χ0n) is 12.6. The maximum Gasteiger partial charge on any atom is 1.00 e. The molecule has 0 aromatic carbocycles. The van der Waals surface area contributed by atoms with Crippen molar-refractivity contribution in [3.05, 3.63) is 0 Å². The van der Waals surface area contributed by atoms with Crippen LogP contribution in [0, 0.1) is 0 Å². The molecule has 22 heavy (non-hydrogen) atoms. The number of hydrogen-bond donors (Lipinski definition) is 0. The average Bonchev–Trinajstić information content (AvgIpc) is 2.48. The molecule has 0 saturated heterocycles. The Kier molecular flexibility index (Phi) is 41.8. The summed E-state index contributed by atoms with van der Waals surface area (Å²) in [5, 5.41) is 1.24. The molecule has 4 nitrogen and oxygen atoms in total. The SMILES string of the molecule is CCC(=O)OCSSCOC(=O)CC.ClCSSCCl.[I-].[Na+]. The van der Waals surface area contributed by atoms with Gasteiger partial charge in [0.15, 0.2) is 0 Å². The Hall–Kier alpha value is 2.65. The molecule has 0 heterocycles. The van der Waals surface area contributed by atoms with Gasteiger partial charge in [-0.1, -0.05) is 35.4 Å². The van der Waals surface area contributed by atoms with Gasteiger partial charge in [0.2, 0.25) is 0 Å². The van der Waals surface area contributed by atoms with E-state index in [4.69, 9.17) is 32.7 Å². The molecule has 0 aromatic heterocycles. The Morgan fingerprint density at radius 3 is 1.36 bits per heavy atom. The van der Waals surface area contributed by atoms with Crippen LogP contribution in [-0.4, -0.2) is 34.2 Å². The van der Waals surface area contributed by atoms with Crippen molar-refractivity contribution in [1.82, 2.24) is 0 Å². The molecule has 0 atom stereocenters. The van der Waals surface area contributed by atoms with Crippen LogP contribution in [0.15, 0.2) is 0 Å². The summed E-state index contributed by atoms with van der Waals surface area (Å²) in [7, 11) is 5.81. The first kappa shape index (κ1) is 32.3. The van der Waals surface area contributed by atoms with Gasteiger partial charge in [-0.05, 0) is 21.6 Å². The second-order valence-corrected chi connectivity index (χ2v) is 8.65. The fraction of sp³-hybridized carbons (Fsp3) is 0.800. The van der Waals surface area contributed by atoms with Gasteiger partial charge in [0.25, 0.3) is 0 Å². The molecule has 12 heteroatoms. The zero-order chi connectivity index (χ0) is 15.6. The predicted molar refractivity (Wildman–Crippen MR) is 94.3 cm³/mol. The summed E-state index contributed by atoms with van der Waals surface area (Å²) in [4.78, 5) is 21.3. The Labute approximate surface area is 197 Å². The van der Waals surface area contributed by atoms with E-state index in [2.05, 4.69) is 0 Å². The molecule has 0 radical (unpaired) electrons. The summed E-state index contributed by atoms with van der Waals surface area (Å²) in [5.41, 5.74) is 0. The minimum absolute atomic E-state index is 0. The molecule has 0 saturated carbocycles. The second-order valence-electron chi connectivity index (χ2n) is 2.67. The van der Waals surface area contributed by atoms with Crippen LogP contribution >= 0.6 is 66.4 Å². The van der Waals surface area contributed by atoms with Crippen molar-refractivity contribution in [2.24, 2.45) is 0 Å². The number of carbonyl (C=O) groups excluding carboxylic acids is 2. The number of carbonyl (C=O) groups is 2. The molecular weight excluding hydrogens is 533 g/mol. The molecular formula is C10H18Cl2INaO4S4. The van der Waals surface area contributed by atoms with Gasteiger partial charge in [-0.25, -0.2) is 0 Å². The molecule has 0 bridgehead atoms. The number of esters is 2. The zero-order valence-corrected chi connectivity index (χ0v) is 21.6. The van der Waals surface area contributed by atoms with Crippen LogP contribution in [-0.2, 0) is 19.1 Å². The number of alkyl halides is 2. The summed E-state index contributed by atoms with van der Waals surface area (Å²) in [6.45, 7) is 3.48. The Bertz CT molecular complexity index is 235. The van der Waals surface area contributed by atoms with Crippen LogP contribution < -0.4 is 53.5 Å². The molecule has 0 spiro atoms. The van der Waals surface area contributed by atoms with Crippen molar-refractivity contribution in [2.75, 3.05) is 22.3 Å². The van der Waals surface area contributed by atoms with Crippen LogP contribution in [0.5, 0.6) is 0 Å². The number of hydrogen-bond acceptors (Lipinski definition) is 8. The van der Waals surface area contributed by atoms with E-state index in [1.165, 1.54) is 21.6 Å². The minimum atomic E-state index is -0.219. The van der Waals surface area contributed by atoms with Gasteiger partial charge in [-0.15, -0.1) is 23.2 Å². The molecule has 0 rings (SSSR count). The van der Waals surface area contributed by atoms with Crippen molar-refractivity contribution in [2.45, 2.75) is 26.7 Å². The van der Waals surface area contributed by atoms with Gasteiger partial charge in [0.05, 0.1) is 10.4 Å². The Balaban J connectivity index is -0.000000174. The van der Waals surface area contributed by atoms with Crippen LogP contribution in [0.1, 0.15) is 26.7 Å². The maximum absolute atomic E-state index is 10.7. The third kappa shape index (κ3) is 30.5.